The maximum atomic E-state index is 0. The van der Waals surface area contributed by atoms with Crippen LogP contribution in [0.2, 0.25) is 0 Å². The molecule has 0 heterocycles. The summed E-state index contributed by atoms with van der Waals surface area (Å²) in [6.45, 7) is 0. The molecule has 8 N–H and O–H groups in total. The third-order valence-corrected chi connectivity index (χ3v) is 0. The van der Waals surface area contributed by atoms with E-state index in [0.717, 1.165) is 0 Å². The van der Waals surface area contributed by atoms with Gasteiger partial charge in [0.25, 0.3) is 0 Å². The van der Waals surface area contributed by atoms with Crippen molar-refractivity contribution in [2.75, 3.05) is 0 Å². The molecule has 0 saturated heterocycles. The minimum atomic E-state index is 0. The fraction of sp³-hybridized carbons (Fsp3) is 0. The van der Waals surface area contributed by atoms with Crippen LogP contribution in [0.4, 0.5) is 0 Å². The molecule has 0 amide bonds. The first kappa shape index (κ1) is 101. The van der Waals surface area contributed by atoms with Gasteiger partial charge in [-0.2, -0.15) is 0 Å². The second kappa shape index (κ2) is 64.8. The van der Waals surface area contributed by atoms with Gasteiger partial charge in [0.15, 0.2) is 0 Å². The molecule has 0 radical (unpaired) electrons. The smallest absolute Gasteiger partial charge is 0 e. The van der Waals surface area contributed by atoms with Crippen LogP contribution in [0.5, 0.6) is 0 Å². The van der Waals surface area contributed by atoms with E-state index in [4.69, 9.17) is 0 Å². The molecular weight excluding hydrogens is 331 g/mol. The maximum absolute atomic E-state index is 0. The molecule has 6 heteroatoms. The quantitative estimate of drug-likeness (QED) is 0.426. The van der Waals surface area contributed by atoms with Crippen molar-refractivity contribution < 1.29 is 63.7 Å². The summed E-state index contributed by atoms with van der Waals surface area (Å²) in [6, 6.07) is 0. The number of hydrogen-bond donors (Lipinski definition) is 0. The van der Waals surface area contributed by atoms with Crippen LogP contribution < -0.4 is 0 Å². The van der Waals surface area contributed by atoms with Crippen molar-refractivity contribution in [3.63, 3.8) is 0 Å². The number of hydrogen-bond acceptors (Lipinski definition) is 0. The summed E-state index contributed by atoms with van der Waals surface area (Å²) in [6.07, 6.45) is 0. The van der Waals surface area contributed by atoms with Crippen molar-refractivity contribution in [3.05, 3.63) is 0 Å². The van der Waals surface area contributed by atoms with Crippen molar-refractivity contribution >= 4 is 24.0 Å². The first-order valence-electron chi connectivity index (χ1n) is 0. The molecule has 4 nitrogen and oxygen atoms in total. The number of halogens is 1. The zero-order valence-corrected chi connectivity index (χ0v) is 8.38. The van der Waals surface area contributed by atoms with Crippen LogP contribution in [0.25, 0.3) is 0 Å². The minimum Gasteiger partial charge on any atom is -0.412 e. The van der Waals surface area contributed by atoms with Crippen LogP contribution in [0.1, 0.15) is 0 Å². The molecule has 0 saturated carbocycles. The summed E-state index contributed by atoms with van der Waals surface area (Å²) in [7, 11) is 0. The van der Waals surface area contributed by atoms with E-state index in [1.165, 1.54) is 0 Å². The Kier molecular flexibility index (Phi) is 1090. The molecule has 6 heavy (non-hydrogen) atoms. The molecule has 0 unspecified atom stereocenters. The van der Waals surface area contributed by atoms with Gasteiger partial charge in [0.1, 0.15) is 0 Å². The Morgan fingerprint density at radius 3 is 0.500 bits per heavy atom. The van der Waals surface area contributed by atoms with Crippen LogP contribution in [-0.2, 0) is 0 Å². The van der Waals surface area contributed by atoms with Crippen LogP contribution in [0.15, 0.2) is 0 Å². The summed E-state index contributed by atoms with van der Waals surface area (Å²) in [5, 5.41) is 0. The molecule has 0 aromatic carbocycles. The molecule has 0 rings (SSSR count). The standard InChI is InChI=1S/Ce.HI.4H2O/h;1H;4*1H2. The maximum Gasteiger partial charge on any atom is 0 e. The monoisotopic (exact) mass is 340 g/mol. The SMILES string of the molecule is I.O.O.O.O.[Ce]. The van der Waals surface area contributed by atoms with Gasteiger partial charge in [-0.25, -0.2) is 0 Å². The summed E-state index contributed by atoms with van der Waals surface area (Å²) in [5.41, 5.74) is 0. The average molecular weight is 340 g/mol. The van der Waals surface area contributed by atoms with Gasteiger partial charge in [0.05, 0.1) is 0 Å². The van der Waals surface area contributed by atoms with Gasteiger partial charge in [-0.1, -0.05) is 0 Å². The van der Waals surface area contributed by atoms with Crippen LogP contribution >= 0.6 is 24.0 Å². The Labute approximate surface area is 86.3 Å². The van der Waals surface area contributed by atoms with E-state index in [2.05, 4.69) is 0 Å². The largest absolute Gasteiger partial charge is 0.412 e. The van der Waals surface area contributed by atoms with Gasteiger partial charge in [-0.3, -0.25) is 0 Å². The third-order valence-electron chi connectivity index (χ3n) is 0. The normalized spacial score (nSPS) is 0. The molecule has 0 bridgehead atoms. The van der Waals surface area contributed by atoms with Gasteiger partial charge in [-0.15, -0.1) is 24.0 Å². The van der Waals surface area contributed by atoms with Crippen molar-refractivity contribution in [2.24, 2.45) is 0 Å². The Morgan fingerprint density at radius 2 is 0.500 bits per heavy atom. The average Bonchev–Trinajstić information content (AvgIpc) is 0. The predicted octanol–water partition coefficient (Wildman–Crippen LogP) is -2.68. The Morgan fingerprint density at radius 1 is 0.500 bits per heavy atom. The van der Waals surface area contributed by atoms with E-state index in [-0.39, 0.29) is 87.6 Å². The zero-order valence-electron chi connectivity index (χ0n) is 2.91. The van der Waals surface area contributed by atoms with Crippen LogP contribution in [-0.4, -0.2) is 21.9 Å². The third kappa shape index (κ3) is 38.4. The summed E-state index contributed by atoms with van der Waals surface area (Å²) >= 11 is 0. The molecule has 0 spiro atoms. The van der Waals surface area contributed by atoms with E-state index in [9.17, 15) is 0 Å². The van der Waals surface area contributed by atoms with Crippen molar-refractivity contribution in [2.45, 2.75) is 0 Å². The van der Waals surface area contributed by atoms with Gasteiger partial charge < -0.3 is 21.9 Å². The van der Waals surface area contributed by atoms with Gasteiger partial charge in [-0.05, 0) is 0 Å². The summed E-state index contributed by atoms with van der Waals surface area (Å²) in [4.78, 5) is 0. The zero-order chi connectivity index (χ0) is 0. The second-order valence-corrected chi connectivity index (χ2v) is 0. The molecule has 0 aromatic heterocycles. The molecular formula is H9CeIO4. The first-order valence-corrected chi connectivity index (χ1v) is 0. The molecule has 0 aliphatic rings. The fourth-order valence-corrected chi connectivity index (χ4v) is 0. The van der Waals surface area contributed by atoms with E-state index < -0.39 is 0 Å². The van der Waals surface area contributed by atoms with Crippen LogP contribution in [0, 0.1) is 41.7 Å². The van der Waals surface area contributed by atoms with E-state index >= 15 is 0 Å². The minimum absolute atomic E-state index is 0. The topological polar surface area (TPSA) is 126 Å². The molecule has 0 aromatic rings. The summed E-state index contributed by atoms with van der Waals surface area (Å²) in [5.74, 6) is 0. The van der Waals surface area contributed by atoms with Gasteiger partial charge >= 0.3 is 0 Å². The first-order chi connectivity index (χ1) is 0. The van der Waals surface area contributed by atoms with Crippen molar-refractivity contribution in [1.82, 2.24) is 0 Å². The molecule has 0 aliphatic heterocycles. The van der Waals surface area contributed by atoms with Gasteiger partial charge in [0.2, 0.25) is 0 Å². The molecule has 44 valence electrons. The van der Waals surface area contributed by atoms with Crippen molar-refractivity contribution in [3.8, 4) is 0 Å². The number of rotatable bonds is 0. The Bertz CT molecular complexity index is 7.51. The van der Waals surface area contributed by atoms with Gasteiger partial charge in [0, 0.05) is 41.7 Å². The Hall–Kier alpha value is 1.95. The van der Waals surface area contributed by atoms with Crippen molar-refractivity contribution in [1.29, 1.82) is 0 Å². The van der Waals surface area contributed by atoms with Crippen LogP contribution in [0.3, 0.4) is 0 Å². The predicted molar refractivity (Wildman–Crippen MR) is 29.9 cm³/mol. The second-order valence-electron chi connectivity index (χ2n) is 0. The fourth-order valence-electron chi connectivity index (χ4n) is 0. The molecule has 0 aliphatic carbocycles. The molecule has 0 atom stereocenters. The van der Waals surface area contributed by atoms with E-state index in [1.54, 1.807) is 0 Å². The van der Waals surface area contributed by atoms with E-state index in [1.807, 2.05) is 0 Å². The van der Waals surface area contributed by atoms with E-state index in [0.29, 0.717) is 0 Å². The summed E-state index contributed by atoms with van der Waals surface area (Å²) < 4.78 is 0. The molecule has 0 fully saturated rings. The Balaban J connectivity index is 0.